The van der Waals surface area contributed by atoms with E-state index in [1.807, 2.05) is 23.4 Å². The molecule has 2 aliphatic rings. The number of thiophene rings is 1. The van der Waals surface area contributed by atoms with Crippen molar-refractivity contribution in [1.29, 1.82) is 0 Å². The number of carbonyl (C=O) groups excluding carboxylic acids is 1. The number of amides is 1. The van der Waals surface area contributed by atoms with Gasteiger partial charge in [0, 0.05) is 36.6 Å². The zero-order chi connectivity index (χ0) is 18.1. The summed E-state index contributed by atoms with van der Waals surface area (Å²) in [6.07, 6.45) is 7.29. The number of aromatic nitrogens is 2. The van der Waals surface area contributed by atoms with Crippen LogP contribution in [0.5, 0.6) is 0 Å². The number of nitrogens with zero attached hydrogens (tertiary/aromatic N) is 3. The summed E-state index contributed by atoms with van der Waals surface area (Å²) in [5.41, 5.74) is 2.54. The molecule has 6 heteroatoms. The Morgan fingerprint density at radius 2 is 2.12 bits per heavy atom. The van der Waals surface area contributed by atoms with Crippen LogP contribution in [0, 0.1) is 6.92 Å². The third kappa shape index (κ3) is 2.99. The predicted octanol–water partition coefficient (Wildman–Crippen LogP) is 3.57. The molecule has 26 heavy (non-hydrogen) atoms. The number of aromatic amines is 1. The van der Waals surface area contributed by atoms with Crippen molar-refractivity contribution in [2.45, 2.75) is 51.5 Å². The quantitative estimate of drug-likeness (QED) is 0.893. The molecule has 0 radical (unpaired) electrons. The van der Waals surface area contributed by atoms with Gasteiger partial charge >= 0.3 is 0 Å². The number of likely N-dealkylation sites (tertiary alicyclic amines) is 1. The van der Waals surface area contributed by atoms with Crippen LogP contribution in [-0.2, 0) is 12.0 Å². The number of piperidine rings is 1. The minimum Gasteiger partial charge on any atom is -0.348 e. The van der Waals surface area contributed by atoms with Gasteiger partial charge in [-0.3, -0.25) is 9.69 Å². The average molecular weight is 373 g/mol. The second-order valence-corrected chi connectivity index (χ2v) is 8.84. The third-order valence-corrected chi connectivity index (χ3v) is 7.00. The lowest BCUT2D eigenvalue weighted by Gasteiger charge is -2.50. The number of rotatable bonds is 4. The fraction of sp³-hybridized carbons (Fsp3) is 0.600. The molecule has 4 heterocycles. The molecule has 2 aromatic rings. The number of hydrogen-bond donors (Lipinski definition) is 1. The van der Waals surface area contributed by atoms with Gasteiger partial charge in [0.15, 0.2) is 0 Å². The van der Waals surface area contributed by atoms with Gasteiger partial charge in [0.25, 0.3) is 5.91 Å². The van der Waals surface area contributed by atoms with Gasteiger partial charge in [-0.25, -0.2) is 4.98 Å². The van der Waals surface area contributed by atoms with E-state index in [9.17, 15) is 4.79 Å². The van der Waals surface area contributed by atoms with Crippen molar-refractivity contribution in [3.63, 3.8) is 0 Å². The van der Waals surface area contributed by atoms with E-state index in [4.69, 9.17) is 4.98 Å². The molecule has 1 spiro atoms. The van der Waals surface area contributed by atoms with E-state index in [-0.39, 0.29) is 11.4 Å². The first-order valence-corrected chi connectivity index (χ1v) is 10.6. The van der Waals surface area contributed by atoms with Gasteiger partial charge in [-0.1, -0.05) is 13.3 Å². The molecular formula is C20H28N4OS. The standard InChI is InChI=1S/C20H28N4OS/c1-3-4-10-24-11-7-16-18(22-14-21-16)20(24)8-12-23(13-9-20)19(25)17-6-5-15(2)26-17/h5-6,14H,3-4,7-13H2,1-2H3,(H,21,22). The third-order valence-electron chi connectivity index (χ3n) is 6.01. The Labute approximate surface area is 159 Å². The van der Waals surface area contributed by atoms with Crippen molar-refractivity contribution in [3.05, 3.63) is 39.6 Å². The van der Waals surface area contributed by atoms with Crippen LogP contribution < -0.4 is 0 Å². The van der Waals surface area contributed by atoms with Gasteiger partial charge in [0.1, 0.15) is 0 Å². The van der Waals surface area contributed by atoms with Crippen LogP contribution in [-0.4, -0.2) is 51.9 Å². The fourth-order valence-electron chi connectivity index (χ4n) is 4.54. The normalized spacial score (nSPS) is 19.7. The number of nitrogens with one attached hydrogen (secondary N) is 1. The van der Waals surface area contributed by atoms with Crippen molar-refractivity contribution < 1.29 is 4.79 Å². The van der Waals surface area contributed by atoms with Gasteiger partial charge in [-0.15, -0.1) is 11.3 Å². The van der Waals surface area contributed by atoms with E-state index in [0.717, 1.165) is 50.3 Å². The van der Waals surface area contributed by atoms with Gasteiger partial charge in [0.2, 0.25) is 0 Å². The lowest BCUT2D eigenvalue weighted by molar-refractivity contribution is 0.00647. The highest BCUT2D eigenvalue weighted by atomic mass is 32.1. The van der Waals surface area contributed by atoms with Gasteiger partial charge < -0.3 is 9.88 Å². The molecule has 2 aliphatic heterocycles. The second kappa shape index (κ2) is 7.16. The number of fused-ring (bicyclic) bond motifs is 2. The number of unbranched alkanes of at least 4 members (excludes halogenated alkanes) is 1. The monoisotopic (exact) mass is 372 g/mol. The number of imidazole rings is 1. The highest BCUT2D eigenvalue weighted by Crippen LogP contribution is 2.42. The molecule has 5 nitrogen and oxygen atoms in total. The Kier molecular flexibility index (Phi) is 4.88. The van der Waals surface area contributed by atoms with Gasteiger partial charge in [-0.2, -0.15) is 0 Å². The van der Waals surface area contributed by atoms with E-state index in [1.165, 1.54) is 29.1 Å². The van der Waals surface area contributed by atoms with Crippen LogP contribution in [0.25, 0.3) is 0 Å². The van der Waals surface area contributed by atoms with Crippen LogP contribution in [0.15, 0.2) is 18.5 Å². The summed E-state index contributed by atoms with van der Waals surface area (Å²) in [4.78, 5) is 27.7. The zero-order valence-electron chi connectivity index (χ0n) is 15.8. The Hall–Kier alpha value is -1.66. The minimum absolute atomic E-state index is 0.00486. The Balaban J connectivity index is 1.54. The maximum absolute atomic E-state index is 12.8. The topological polar surface area (TPSA) is 52.2 Å². The van der Waals surface area contributed by atoms with Gasteiger partial charge in [-0.05, 0) is 44.9 Å². The summed E-state index contributed by atoms with van der Waals surface area (Å²) in [6, 6.07) is 4.00. The van der Waals surface area contributed by atoms with E-state index in [0.29, 0.717) is 0 Å². The molecule has 0 atom stereocenters. The molecular weight excluding hydrogens is 344 g/mol. The molecule has 0 unspecified atom stereocenters. The van der Waals surface area contributed by atoms with E-state index < -0.39 is 0 Å². The first-order valence-electron chi connectivity index (χ1n) is 9.77. The summed E-state index contributed by atoms with van der Waals surface area (Å²) in [5, 5.41) is 0. The molecule has 1 N–H and O–H groups in total. The van der Waals surface area contributed by atoms with Crippen LogP contribution in [0.4, 0.5) is 0 Å². The molecule has 4 rings (SSSR count). The Morgan fingerprint density at radius 3 is 2.81 bits per heavy atom. The summed E-state index contributed by atoms with van der Waals surface area (Å²) in [5.74, 6) is 0.191. The summed E-state index contributed by atoms with van der Waals surface area (Å²) < 4.78 is 0. The highest BCUT2D eigenvalue weighted by Gasteiger charge is 2.46. The number of H-pyrrole nitrogens is 1. The van der Waals surface area contributed by atoms with E-state index >= 15 is 0 Å². The van der Waals surface area contributed by atoms with E-state index in [1.54, 1.807) is 11.3 Å². The molecule has 2 aromatic heterocycles. The van der Waals surface area contributed by atoms with Crippen LogP contribution in [0.3, 0.4) is 0 Å². The molecule has 0 aliphatic carbocycles. The first kappa shape index (κ1) is 17.7. The zero-order valence-corrected chi connectivity index (χ0v) is 16.6. The van der Waals surface area contributed by atoms with Gasteiger partial charge in [0.05, 0.1) is 22.4 Å². The number of carbonyl (C=O) groups is 1. The molecule has 1 saturated heterocycles. The van der Waals surface area contributed by atoms with Crippen LogP contribution >= 0.6 is 11.3 Å². The van der Waals surface area contributed by atoms with Crippen LogP contribution in [0.1, 0.15) is 58.5 Å². The lowest BCUT2D eigenvalue weighted by atomic mass is 9.78. The van der Waals surface area contributed by atoms with Crippen molar-refractivity contribution in [1.82, 2.24) is 19.8 Å². The molecule has 0 aromatic carbocycles. The lowest BCUT2D eigenvalue weighted by Crippen LogP contribution is -2.57. The fourth-order valence-corrected chi connectivity index (χ4v) is 5.37. The Bertz CT molecular complexity index is 772. The summed E-state index contributed by atoms with van der Waals surface area (Å²) in [7, 11) is 0. The van der Waals surface area contributed by atoms with Crippen molar-refractivity contribution in [3.8, 4) is 0 Å². The van der Waals surface area contributed by atoms with Crippen molar-refractivity contribution >= 4 is 17.2 Å². The molecule has 1 fully saturated rings. The molecule has 0 bridgehead atoms. The average Bonchev–Trinajstić information content (AvgIpc) is 3.31. The SMILES string of the molecule is CCCCN1CCc2[nH]cnc2C12CCN(C(=O)c1ccc(C)s1)CC2. The maximum atomic E-state index is 12.8. The summed E-state index contributed by atoms with van der Waals surface area (Å²) >= 11 is 1.60. The van der Waals surface area contributed by atoms with Crippen LogP contribution in [0.2, 0.25) is 0 Å². The van der Waals surface area contributed by atoms with E-state index in [2.05, 4.69) is 23.7 Å². The predicted molar refractivity (Wildman–Crippen MR) is 105 cm³/mol. The largest absolute Gasteiger partial charge is 0.348 e. The van der Waals surface area contributed by atoms with Crippen molar-refractivity contribution in [2.24, 2.45) is 0 Å². The Morgan fingerprint density at radius 1 is 1.31 bits per heavy atom. The summed E-state index contributed by atoms with van der Waals surface area (Å²) in [6.45, 7) is 8.14. The molecule has 0 saturated carbocycles. The first-order chi connectivity index (χ1) is 12.6. The number of aryl methyl sites for hydroxylation is 1. The minimum atomic E-state index is 0.00486. The number of hydrogen-bond acceptors (Lipinski definition) is 4. The smallest absolute Gasteiger partial charge is 0.263 e. The second-order valence-electron chi connectivity index (χ2n) is 7.55. The highest BCUT2D eigenvalue weighted by molar-refractivity contribution is 7.13. The van der Waals surface area contributed by atoms with Crippen molar-refractivity contribution in [2.75, 3.05) is 26.2 Å². The molecule has 140 valence electrons. The maximum Gasteiger partial charge on any atom is 0.263 e. The molecule has 1 amide bonds.